The highest BCUT2D eigenvalue weighted by Crippen LogP contribution is 2.43. The van der Waals surface area contributed by atoms with Gasteiger partial charge in [0.2, 0.25) is 5.78 Å². The van der Waals surface area contributed by atoms with E-state index in [1.54, 1.807) is 18.4 Å². The molecule has 0 fully saturated rings. The van der Waals surface area contributed by atoms with Crippen LogP contribution in [0.3, 0.4) is 0 Å². The summed E-state index contributed by atoms with van der Waals surface area (Å²) in [4.78, 5) is 13.2. The molecule has 27 heavy (non-hydrogen) atoms. The lowest BCUT2D eigenvalue weighted by Gasteiger charge is -2.18. The van der Waals surface area contributed by atoms with Crippen LogP contribution in [0.4, 0.5) is 17.6 Å². The second-order valence-electron chi connectivity index (χ2n) is 6.57. The molecular formula is C20H16F4O2S. The molecule has 0 aliphatic carbocycles. The number of ketones is 1. The van der Waals surface area contributed by atoms with Gasteiger partial charge in [-0.1, -0.05) is 12.1 Å². The van der Waals surface area contributed by atoms with Gasteiger partial charge in [0, 0.05) is 10.5 Å². The van der Waals surface area contributed by atoms with Gasteiger partial charge in [-0.05, 0) is 56.0 Å². The maximum absolute atomic E-state index is 14.2. The van der Waals surface area contributed by atoms with Crippen molar-refractivity contribution >= 4 is 28.9 Å². The highest BCUT2D eigenvalue weighted by Gasteiger charge is 2.43. The molecule has 3 rings (SSSR count). The van der Waals surface area contributed by atoms with Crippen molar-refractivity contribution in [2.75, 3.05) is 6.26 Å². The average molecular weight is 396 g/mol. The van der Waals surface area contributed by atoms with E-state index in [9.17, 15) is 22.4 Å². The third-order valence-corrected chi connectivity index (χ3v) is 5.02. The Labute approximate surface area is 158 Å². The molecule has 0 unspecified atom stereocenters. The Hall–Kier alpha value is -2.28. The Morgan fingerprint density at radius 3 is 2.33 bits per heavy atom. The molecule has 0 bridgehead atoms. The van der Waals surface area contributed by atoms with Gasteiger partial charge < -0.3 is 4.74 Å². The van der Waals surface area contributed by atoms with E-state index in [4.69, 9.17) is 4.74 Å². The van der Waals surface area contributed by atoms with Gasteiger partial charge in [-0.25, -0.2) is 4.39 Å². The third kappa shape index (κ3) is 3.60. The van der Waals surface area contributed by atoms with E-state index in [1.807, 2.05) is 0 Å². The average Bonchev–Trinajstić information content (AvgIpc) is 2.84. The van der Waals surface area contributed by atoms with Crippen LogP contribution in [-0.4, -0.2) is 17.6 Å². The lowest BCUT2D eigenvalue weighted by atomic mass is 9.92. The van der Waals surface area contributed by atoms with E-state index in [0.29, 0.717) is 10.5 Å². The maximum atomic E-state index is 14.2. The summed E-state index contributed by atoms with van der Waals surface area (Å²) in [5.74, 6) is -0.862. The Kier molecular flexibility index (Phi) is 4.84. The van der Waals surface area contributed by atoms with Crippen molar-refractivity contribution in [2.45, 2.75) is 30.5 Å². The van der Waals surface area contributed by atoms with Gasteiger partial charge in [0.05, 0.1) is 11.1 Å². The van der Waals surface area contributed by atoms with Crippen molar-refractivity contribution in [1.29, 1.82) is 0 Å². The smallest absolute Gasteiger partial charge is 0.416 e. The number of carbonyl (C=O) groups is 1. The number of rotatable bonds is 3. The zero-order valence-electron chi connectivity index (χ0n) is 14.8. The number of thioether (sulfide) groups is 1. The monoisotopic (exact) mass is 396 g/mol. The van der Waals surface area contributed by atoms with Crippen LogP contribution in [0, 0.1) is 5.82 Å². The zero-order chi connectivity index (χ0) is 20.0. The molecule has 0 radical (unpaired) electrons. The lowest BCUT2D eigenvalue weighted by Crippen LogP contribution is -2.29. The summed E-state index contributed by atoms with van der Waals surface area (Å²) in [7, 11) is 0. The highest BCUT2D eigenvalue weighted by atomic mass is 32.2. The molecule has 2 nitrogen and oxygen atoms in total. The van der Waals surface area contributed by atoms with Crippen LogP contribution in [0.2, 0.25) is 0 Å². The predicted octanol–water partition coefficient (Wildman–Crippen LogP) is 5.81. The van der Waals surface area contributed by atoms with Gasteiger partial charge in [0.15, 0.2) is 5.60 Å². The fourth-order valence-corrected chi connectivity index (χ4v) is 3.34. The molecule has 0 saturated carbocycles. The normalized spacial score (nSPS) is 16.6. The standard InChI is InChI=1S/C20H16F4O2S/c1-19(2)18(25)16(11-5-4-6-13(9-11)20(22,23)24)17(26-19)12-7-8-15(27-3)14(21)10-12/h4-10H,1-3H3. The molecule has 0 spiro atoms. The summed E-state index contributed by atoms with van der Waals surface area (Å²) in [5, 5.41) is 0. The number of alkyl halides is 3. The van der Waals surface area contributed by atoms with Gasteiger partial charge >= 0.3 is 6.18 Å². The van der Waals surface area contributed by atoms with Crippen LogP contribution in [0.5, 0.6) is 0 Å². The number of halogens is 4. The Morgan fingerprint density at radius 2 is 1.74 bits per heavy atom. The van der Waals surface area contributed by atoms with Crippen LogP contribution < -0.4 is 0 Å². The maximum Gasteiger partial charge on any atom is 0.416 e. The minimum atomic E-state index is -4.54. The number of hydrogen-bond donors (Lipinski definition) is 0. The van der Waals surface area contributed by atoms with E-state index in [-0.39, 0.29) is 16.9 Å². The van der Waals surface area contributed by atoms with Crippen molar-refractivity contribution in [3.05, 3.63) is 65.0 Å². The van der Waals surface area contributed by atoms with Crippen LogP contribution in [0.1, 0.15) is 30.5 Å². The van der Waals surface area contributed by atoms with E-state index >= 15 is 0 Å². The summed E-state index contributed by atoms with van der Waals surface area (Å²) < 4.78 is 59.2. The number of benzene rings is 2. The minimum absolute atomic E-state index is 0.0161. The summed E-state index contributed by atoms with van der Waals surface area (Å²) in [6, 6.07) is 8.85. The number of hydrogen-bond acceptors (Lipinski definition) is 3. The van der Waals surface area contributed by atoms with Crippen LogP contribution >= 0.6 is 11.8 Å². The van der Waals surface area contributed by atoms with Crippen molar-refractivity contribution in [3.8, 4) is 0 Å². The SMILES string of the molecule is CSc1ccc(C2=C(c3cccc(C(F)(F)F)c3)C(=O)C(C)(C)O2)cc1F. The second kappa shape index (κ2) is 6.71. The molecule has 2 aromatic rings. The first-order valence-electron chi connectivity index (χ1n) is 8.04. The molecule has 1 heterocycles. The molecule has 7 heteroatoms. The lowest BCUT2D eigenvalue weighted by molar-refractivity contribution is -0.137. The topological polar surface area (TPSA) is 26.3 Å². The minimum Gasteiger partial charge on any atom is -0.478 e. The molecule has 0 N–H and O–H groups in total. The first-order valence-corrected chi connectivity index (χ1v) is 9.26. The van der Waals surface area contributed by atoms with E-state index in [2.05, 4.69) is 0 Å². The van der Waals surface area contributed by atoms with E-state index in [0.717, 1.165) is 12.1 Å². The van der Waals surface area contributed by atoms with Crippen molar-refractivity contribution in [2.24, 2.45) is 0 Å². The highest BCUT2D eigenvalue weighted by molar-refractivity contribution is 7.98. The van der Waals surface area contributed by atoms with Gasteiger partial charge in [0.1, 0.15) is 11.6 Å². The molecule has 0 aromatic heterocycles. The largest absolute Gasteiger partial charge is 0.478 e. The first kappa shape index (κ1) is 19.5. The van der Waals surface area contributed by atoms with Crippen molar-refractivity contribution < 1.29 is 27.1 Å². The Bertz CT molecular complexity index is 945. The first-order chi connectivity index (χ1) is 12.5. The quantitative estimate of drug-likeness (QED) is 0.484. The molecule has 1 aliphatic heterocycles. The van der Waals surface area contributed by atoms with Gasteiger partial charge in [-0.15, -0.1) is 11.8 Å². The molecule has 0 saturated heterocycles. The molecule has 142 valence electrons. The second-order valence-corrected chi connectivity index (χ2v) is 7.42. The third-order valence-electron chi connectivity index (χ3n) is 4.25. The molecule has 1 aliphatic rings. The number of carbonyl (C=O) groups excluding carboxylic acids is 1. The van der Waals surface area contributed by atoms with Gasteiger partial charge in [-0.2, -0.15) is 13.2 Å². The van der Waals surface area contributed by atoms with E-state index in [1.165, 1.54) is 43.8 Å². The van der Waals surface area contributed by atoms with Crippen molar-refractivity contribution in [3.63, 3.8) is 0 Å². The molecule has 2 aromatic carbocycles. The summed E-state index contributed by atoms with van der Waals surface area (Å²) in [6.45, 7) is 3.06. The zero-order valence-corrected chi connectivity index (χ0v) is 15.6. The van der Waals surface area contributed by atoms with Gasteiger partial charge in [0.25, 0.3) is 0 Å². The van der Waals surface area contributed by atoms with Crippen LogP contribution in [0.25, 0.3) is 11.3 Å². The van der Waals surface area contributed by atoms with E-state index < -0.39 is 28.9 Å². The summed E-state index contributed by atoms with van der Waals surface area (Å²) >= 11 is 1.23. The van der Waals surface area contributed by atoms with Crippen molar-refractivity contribution in [1.82, 2.24) is 0 Å². The van der Waals surface area contributed by atoms with Crippen LogP contribution in [-0.2, 0) is 15.7 Å². The molecule has 0 amide bonds. The predicted molar refractivity (Wildman–Crippen MR) is 96.6 cm³/mol. The molecular weight excluding hydrogens is 380 g/mol. The Balaban J connectivity index is 2.20. The fraction of sp³-hybridized carbons (Fsp3) is 0.250. The number of Topliss-reactive ketones (excluding diaryl/α,β-unsaturated/α-hetero) is 1. The summed E-state index contributed by atoms with van der Waals surface area (Å²) in [5.41, 5.74) is -1.72. The fourth-order valence-electron chi connectivity index (χ4n) is 2.88. The molecule has 0 atom stereocenters. The van der Waals surface area contributed by atoms with Crippen LogP contribution in [0.15, 0.2) is 47.4 Å². The Morgan fingerprint density at radius 1 is 1.04 bits per heavy atom. The number of ether oxygens (including phenoxy) is 1. The summed E-state index contributed by atoms with van der Waals surface area (Å²) in [6.07, 6.45) is -2.81. The van der Waals surface area contributed by atoms with Gasteiger partial charge in [-0.3, -0.25) is 4.79 Å².